The molecule has 2 N–H and O–H groups in total. The topological polar surface area (TPSA) is 84.3 Å². The Hall–Kier alpha value is -2.02. The second-order valence-corrected chi connectivity index (χ2v) is 3.63. The molecule has 0 aliphatic rings. The van der Waals surface area contributed by atoms with Crippen molar-refractivity contribution in [3.63, 3.8) is 0 Å². The number of non-ortho nitro benzene ring substituents is 1. The van der Waals surface area contributed by atoms with E-state index >= 15 is 0 Å². The van der Waals surface area contributed by atoms with Gasteiger partial charge >= 0.3 is 0 Å². The zero-order valence-electron chi connectivity index (χ0n) is 9.90. The molecular formula is C11H14FN3O3. The molecule has 0 aliphatic heterocycles. The van der Waals surface area contributed by atoms with Crippen molar-refractivity contribution in [2.45, 2.75) is 6.42 Å². The number of nitrogens with zero attached hydrogens (tertiary/aromatic N) is 1. The summed E-state index contributed by atoms with van der Waals surface area (Å²) in [6.45, 7) is 1.15. The van der Waals surface area contributed by atoms with Crippen LogP contribution in [0.2, 0.25) is 0 Å². The molecule has 0 unspecified atom stereocenters. The molecule has 7 heteroatoms. The van der Waals surface area contributed by atoms with Crippen LogP contribution in [0.25, 0.3) is 0 Å². The average molecular weight is 255 g/mol. The maximum absolute atomic E-state index is 13.5. The van der Waals surface area contributed by atoms with Crippen molar-refractivity contribution in [2.75, 3.05) is 20.1 Å². The first-order chi connectivity index (χ1) is 8.56. The van der Waals surface area contributed by atoms with Crippen LogP contribution in [-0.2, 0) is 0 Å². The second kappa shape index (κ2) is 6.65. The van der Waals surface area contributed by atoms with Crippen molar-refractivity contribution in [2.24, 2.45) is 0 Å². The zero-order valence-corrected chi connectivity index (χ0v) is 9.90. The lowest BCUT2D eigenvalue weighted by molar-refractivity contribution is -0.385. The van der Waals surface area contributed by atoms with Crippen molar-refractivity contribution in [1.82, 2.24) is 10.6 Å². The summed E-state index contributed by atoms with van der Waals surface area (Å²) in [5, 5.41) is 15.9. The smallest absolute Gasteiger partial charge is 0.272 e. The Morgan fingerprint density at radius 1 is 1.44 bits per heavy atom. The van der Waals surface area contributed by atoms with Crippen LogP contribution < -0.4 is 10.6 Å². The van der Waals surface area contributed by atoms with Crippen molar-refractivity contribution in [3.05, 3.63) is 39.7 Å². The van der Waals surface area contributed by atoms with Crippen molar-refractivity contribution >= 4 is 11.6 Å². The van der Waals surface area contributed by atoms with Gasteiger partial charge in [0.25, 0.3) is 11.6 Å². The van der Waals surface area contributed by atoms with E-state index in [1.54, 1.807) is 7.05 Å². The number of rotatable bonds is 6. The summed E-state index contributed by atoms with van der Waals surface area (Å²) in [6, 6.07) is 2.95. The zero-order chi connectivity index (χ0) is 13.5. The predicted octanol–water partition coefficient (Wildman–Crippen LogP) is 1.07. The highest BCUT2D eigenvalue weighted by Crippen LogP contribution is 2.16. The standard InChI is InChI=1S/C11H14FN3O3/c1-13-5-2-6-14-11(16)9-4-3-8(15(17)18)7-10(9)12/h3-4,7,13H,2,5-6H2,1H3,(H,14,16). The molecule has 0 atom stereocenters. The Balaban J connectivity index is 2.66. The molecule has 0 saturated heterocycles. The molecule has 1 rings (SSSR count). The van der Waals surface area contributed by atoms with E-state index in [9.17, 15) is 19.3 Å². The van der Waals surface area contributed by atoms with E-state index in [0.29, 0.717) is 6.54 Å². The van der Waals surface area contributed by atoms with Gasteiger partial charge in [0.1, 0.15) is 5.82 Å². The second-order valence-electron chi connectivity index (χ2n) is 3.63. The molecule has 1 aromatic carbocycles. The van der Waals surface area contributed by atoms with Crippen LogP contribution in [0, 0.1) is 15.9 Å². The van der Waals surface area contributed by atoms with Crippen molar-refractivity contribution in [1.29, 1.82) is 0 Å². The minimum absolute atomic E-state index is 0.190. The van der Waals surface area contributed by atoms with E-state index in [4.69, 9.17) is 0 Å². The molecule has 6 nitrogen and oxygen atoms in total. The Morgan fingerprint density at radius 2 is 2.17 bits per heavy atom. The Bertz CT molecular complexity index is 451. The van der Waals surface area contributed by atoms with E-state index in [2.05, 4.69) is 10.6 Å². The van der Waals surface area contributed by atoms with Crippen LogP contribution in [0.15, 0.2) is 18.2 Å². The predicted molar refractivity (Wildman–Crippen MR) is 63.9 cm³/mol. The molecule has 1 amide bonds. The number of nitro benzene ring substituents is 1. The third-order valence-corrected chi connectivity index (χ3v) is 2.30. The fourth-order valence-corrected chi connectivity index (χ4v) is 1.36. The lowest BCUT2D eigenvalue weighted by atomic mass is 10.2. The summed E-state index contributed by atoms with van der Waals surface area (Å²) in [5.41, 5.74) is -0.565. The summed E-state index contributed by atoms with van der Waals surface area (Å²) in [6.07, 6.45) is 0.719. The lowest BCUT2D eigenvalue weighted by Crippen LogP contribution is -2.27. The van der Waals surface area contributed by atoms with Gasteiger partial charge in [-0.25, -0.2) is 4.39 Å². The number of carbonyl (C=O) groups excluding carboxylic acids is 1. The van der Waals surface area contributed by atoms with E-state index < -0.39 is 16.6 Å². The number of amides is 1. The molecule has 0 spiro atoms. The molecule has 18 heavy (non-hydrogen) atoms. The highest BCUT2D eigenvalue weighted by Gasteiger charge is 2.15. The maximum atomic E-state index is 13.5. The summed E-state index contributed by atoms with van der Waals surface area (Å²) >= 11 is 0. The van der Waals surface area contributed by atoms with Gasteiger partial charge in [0.15, 0.2) is 0 Å². The van der Waals surface area contributed by atoms with Crippen LogP contribution in [0.5, 0.6) is 0 Å². The Kier molecular flexibility index (Phi) is 5.19. The molecular weight excluding hydrogens is 241 g/mol. The van der Waals surface area contributed by atoms with Gasteiger partial charge in [0.05, 0.1) is 16.6 Å². The fourth-order valence-electron chi connectivity index (χ4n) is 1.36. The minimum Gasteiger partial charge on any atom is -0.352 e. The van der Waals surface area contributed by atoms with Gasteiger partial charge in [0, 0.05) is 12.6 Å². The minimum atomic E-state index is -0.893. The van der Waals surface area contributed by atoms with Crippen LogP contribution in [0.3, 0.4) is 0 Å². The number of nitro groups is 1. The largest absolute Gasteiger partial charge is 0.352 e. The first-order valence-electron chi connectivity index (χ1n) is 5.43. The van der Waals surface area contributed by atoms with E-state index in [-0.39, 0.29) is 11.3 Å². The van der Waals surface area contributed by atoms with Crippen LogP contribution in [0.1, 0.15) is 16.8 Å². The quantitative estimate of drug-likeness (QED) is 0.452. The highest BCUT2D eigenvalue weighted by molar-refractivity contribution is 5.94. The highest BCUT2D eigenvalue weighted by atomic mass is 19.1. The van der Waals surface area contributed by atoms with Crippen molar-refractivity contribution in [3.8, 4) is 0 Å². The maximum Gasteiger partial charge on any atom is 0.272 e. The van der Waals surface area contributed by atoms with Gasteiger partial charge in [-0.1, -0.05) is 0 Å². The molecule has 0 aromatic heterocycles. The van der Waals surface area contributed by atoms with E-state index in [1.165, 1.54) is 0 Å². The molecule has 98 valence electrons. The normalized spacial score (nSPS) is 10.1. The van der Waals surface area contributed by atoms with Crippen molar-refractivity contribution < 1.29 is 14.1 Å². The SMILES string of the molecule is CNCCCNC(=O)c1ccc([N+](=O)[O-])cc1F. The van der Waals surface area contributed by atoms with E-state index in [0.717, 1.165) is 31.2 Å². The number of nitrogens with one attached hydrogen (secondary N) is 2. The van der Waals surface area contributed by atoms with Gasteiger partial charge in [-0.15, -0.1) is 0 Å². The molecule has 0 radical (unpaired) electrons. The van der Waals surface area contributed by atoms with E-state index in [1.807, 2.05) is 0 Å². The summed E-state index contributed by atoms with van der Waals surface area (Å²) < 4.78 is 13.5. The third-order valence-electron chi connectivity index (χ3n) is 2.30. The monoisotopic (exact) mass is 255 g/mol. The molecule has 0 heterocycles. The number of halogens is 1. The average Bonchev–Trinajstić information content (AvgIpc) is 2.34. The first-order valence-corrected chi connectivity index (χ1v) is 5.43. The first kappa shape index (κ1) is 14.0. The van der Waals surface area contributed by atoms with Crippen LogP contribution in [-0.4, -0.2) is 31.0 Å². The van der Waals surface area contributed by atoms with Crippen LogP contribution >= 0.6 is 0 Å². The number of hydrogen-bond acceptors (Lipinski definition) is 4. The number of hydrogen-bond donors (Lipinski definition) is 2. The fraction of sp³-hybridized carbons (Fsp3) is 0.364. The Labute approximate surface area is 103 Å². The Morgan fingerprint density at radius 3 is 2.72 bits per heavy atom. The van der Waals surface area contributed by atoms with Gasteiger partial charge in [-0.05, 0) is 26.1 Å². The molecule has 1 aromatic rings. The van der Waals surface area contributed by atoms with Gasteiger partial charge < -0.3 is 10.6 Å². The summed E-state index contributed by atoms with van der Waals surface area (Å²) in [4.78, 5) is 21.3. The van der Waals surface area contributed by atoms with Gasteiger partial charge in [-0.2, -0.15) is 0 Å². The molecule has 0 bridgehead atoms. The third kappa shape index (κ3) is 3.77. The van der Waals surface area contributed by atoms with Gasteiger partial charge in [-0.3, -0.25) is 14.9 Å². The molecule has 0 fully saturated rings. The summed E-state index contributed by atoms with van der Waals surface area (Å²) in [5.74, 6) is -1.46. The van der Waals surface area contributed by atoms with Gasteiger partial charge in [0.2, 0.25) is 0 Å². The number of carbonyl (C=O) groups is 1. The lowest BCUT2D eigenvalue weighted by Gasteiger charge is -2.05. The molecule has 0 aliphatic carbocycles. The molecule has 0 saturated carbocycles. The summed E-state index contributed by atoms with van der Waals surface area (Å²) in [7, 11) is 1.79. The van der Waals surface area contributed by atoms with Crippen LogP contribution in [0.4, 0.5) is 10.1 Å². The number of benzene rings is 1.